The second-order valence-corrected chi connectivity index (χ2v) is 5.34. The number of nitrogens with two attached hydrogens (primary N) is 1. The van der Waals surface area contributed by atoms with Crippen molar-refractivity contribution in [2.75, 3.05) is 6.54 Å². The number of nitrogens with zero attached hydrogens (tertiary/aromatic N) is 2. The highest BCUT2D eigenvalue weighted by Crippen LogP contribution is 2.33. The van der Waals surface area contributed by atoms with Crippen LogP contribution in [0.3, 0.4) is 0 Å². The summed E-state index contributed by atoms with van der Waals surface area (Å²) in [6.45, 7) is 9.25. The van der Waals surface area contributed by atoms with Gasteiger partial charge in [0.15, 0.2) is 0 Å². The summed E-state index contributed by atoms with van der Waals surface area (Å²) in [4.78, 5) is 0. The van der Waals surface area contributed by atoms with Gasteiger partial charge < -0.3 is 5.73 Å². The van der Waals surface area contributed by atoms with Gasteiger partial charge in [-0.25, -0.2) is 0 Å². The van der Waals surface area contributed by atoms with E-state index in [0.717, 1.165) is 12.1 Å². The predicted molar refractivity (Wildman–Crippen MR) is 80.4 cm³/mol. The van der Waals surface area contributed by atoms with Crippen LogP contribution in [0.15, 0.2) is 12.1 Å². The average molecular weight is 257 g/mol. The molecule has 3 heteroatoms. The van der Waals surface area contributed by atoms with Crippen molar-refractivity contribution < 1.29 is 0 Å². The zero-order chi connectivity index (χ0) is 14.2. The normalized spacial score (nSPS) is 11.1. The van der Waals surface area contributed by atoms with Crippen LogP contribution in [0.25, 0.3) is 11.1 Å². The zero-order valence-electron chi connectivity index (χ0n) is 12.5. The Morgan fingerprint density at radius 3 is 2.16 bits per heavy atom. The number of benzene rings is 1. The fourth-order valence-electron chi connectivity index (χ4n) is 2.89. The molecule has 1 aromatic heterocycles. The molecule has 2 rings (SSSR count). The summed E-state index contributed by atoms with van der Waals surface area (Å²) in [5.41, 5.74) is 14.5. The summed E-state index contributed by atoms with van der Waals surface area (Å²) in [5, 5.41) is 4.62. The summed E-state index contributed by atoms with van der Waals surface area (Å²) in [6.07, 6.45) is 0.823. The molecule has 19 heavy (non-hydrogen) atoms. The molecule has 0 spiro atoms. The molecule has 0 aliphatic rings. The van der Waals surface area contributed by atoms with Crippen LogP contribution in [-0.2, 0) is 13.5 Å². The van der Waals surface area contributed by atoms with E-state index in [9.17, 15) is 0 Å². The van der Waals surface area contributed by atoms with Gasteiger partial charge in [0, 0.05) is 24.7 Å². The lowest BCUT2D eigenvalue weighted by atomic mass is 9.92. The van der Waals surface area contributed by atoms with E-state index in [2.05, 4.69) is 44.9 Å². The lowest BCUT2D eigenvalue weighted by Crippen LogP contribution is -2.05. The number of hydrogen-bond acceptors (Lipinski definition) is 2. The van der Waals surface area contributed by atoms with Crippen molar-refractivity contribution in [1.82, 2.24) is 9.78 Å². The lowest BCUT2D eigenvalue weighted by molar-refractivity contribution is 0.718. The van der Waals surface area contributed by atoms with Crippen molar-refractivity contribution in [1.29, 1.82) is 0 Å². The van der Waals surface area contributed by atoms with Crippen LogP contribution in [-0.4, -0.2) is 16.3 Å². The summed E-state index contributed by atoms with van der Waals surface area (Å²) < 4.78 is 1.96. The van der Waals surface area contributed by atoms with Gasteiger partial charge in [0.2, 0.25) is 0 Å². The van der Waals surface area contributed by atoms with Gasteiger partial charge in [-0.05, 0) is 50.9 Å². The van der Waals surface area contributed by atoms with Crippen molar-refractivity contribution in [3.63, 3.8) is 0 Å². The van der Waals surface area contributed by atoms with Crippen LogP contribution >= 0.6 is 0 Å². The topological polar surface area (TPSA) is 43.8 Å². The van der Waals surface area contributed by atoms with E-state index in [1.165, 1.54) is 33.5 Å². The molecule has 1 aromatic carbocycles. The Morgan fingerprint density at radius 1 is 1.05 bits per heavy atom. The Labute approximate surface area is 115 Å². The van der Waals surface area contributed by atoms with Gasteiger partial charge in [0.05, 0.1) is 5.69 Å². The Hall–Kier alpha value is -1.61. The molecule has 0 saturated heterocycles. The molecular formula is C16H23N3. The molecule has 0 aliphatic carbocycles. The second kappa shape index (κ2) is 5.17. The first-order chi connectivity index (χ1) is 8.95. The van der Waals surface area contributed by atoms with Crippen molar-refractivity contribution >= 4 is 0 Å². The Morgan fingerprint density at radius 2 is 1.63 bits per heavy atom. The molecule has 0 radical (unpaired) electrons. The third-order valence-electron chi connectivity index (χ3n) is 3.71. The highest BCUT2D eigenvalue weighted by molar-refractivity contribution is 5.75. The summed E-state index contributed by atoms with van der Waals surface area (Å²) in [7, 11) is 2.00. The van der Waals surface area contributed by atoms with Crippen LogP contribution < -0.4 is 5.73 Å². The highest BCUT2D eigenvalue weighted by Gasteiger charge is 2.17. The summed E-state index contributed by atoms with van der Waals surface area (Å²) in [5.74, 6) is 0. The molecule has 0 unspecified atom stereocenters. The molecule has 102 valence electrons. The van der Waals surface area contributed by atoms with Crippen molar-refractivity contribution in [2.45, 2.75) is 34.1 Å². The third kappa shape index (κ3) is 2.43. The van der Waals surface area contributed by atoms with Gasteiger partial charge in [0.25, 0.3) is 0 Å². The molecule has 0 aliphatic heterocycles. The molecule has 0 atom stereocenters. The minimum absolute atomic E-state index is 0.632. The molecule has 2 aromatic rings. The standard InChI is InChI=1S/C16H23N3/c1-10-8-11(2)15(12(3)9-10)16-13(4)19(5)18-14(16)6-7-17/h8-9H,6-7,17H2,1-5H3. The van der Waals surface area contributed by atoms with Gasteiger partial charge in [-0.15, -0.1) is 0 Å². The first-order valence-corrected chi connectivity index (χ1v) is 6.76. The maximum absolute atomic E-state index is 5.72. The Balaban J connectivity index is 2.71. The van der Waals surface area contributed by atoms with E-state index in [-0.39, 0.29) is 0 Å². The predicted octanol–water partition coefficient (Wildman–Crippen LogP) is 2.82. The SMILES string of the molecule is Cc1cc(C)c(-c2c(CCN)nn(C)c2C)c(C)c1. The number of aryl methyl sites for hydroxylation is 4. The van der Waals surface area contributed by atoms with Crippen LogP contribution in [0, 0.1) is 27.7 Å². The fourth-order valence-corrected chi connectivity index (χ4v) is 2.89. The molecule has 1 heterocycles. The van der Waals surface area contributed by atoms with Gasteiger partial charge >= 0.3 is 0 Å². The zero-order valence-corrected chi connectivity index (χ0v) is 12.5. The van der Waals surface area contributed by atoms with Crippen LogP contribution in [0.2, 0.25) is 0 Å². The lowest BCUT2D eigenvalue weighted by Gasteiger charge is -2.13. The maximum Gasteiger partial charge on any atom is 0.0718 e. The van der Waals surface area contributed by atoms with E-state index in [1.807, 2.05) is 11.7 Å². The quantitative estimate of drug-likeness (QED) is 0.919. The van der Waals surface area contributed by atoms with E-state index in [4.69, 9.17) is 5.73 Å². The minimum Gasteiger partial charge on any atom is -0.330 e. The van der Waals surface area contributed by atoms with Gasteiger partial charge in [0.1, 0.15) is 0 Å². The molecule has 0 fully saturated rings. The van der Waals surface area contributed by atoms with Crippen molar-refractivity contribution in [3.05, 3.63) is 40.2 Å². The molecule has 0 amide bonds. The van der Waals surface area contributed by atoms with Gasteiger partial charge in [-0.3, -0.25) is 4.68 Å². The van der Waals surface area contributed by atoms with E-state index in [0.29, 0.717) is 6.54 Å². The van der Waals surface area contributed by atoms with Gasteiger partial charge in [-0.1, -0.05) is 17.7 Å². The Bertz CT molecular complexity index is 586. The second-order valence-electron chi connectivity index (χ2n) is 5.34. The van der Waals surface area contributed by atoms with Gasteiger partial charge in [-0.2, -0.15) is 5.10 Å². The van der Waals surface area contributed by atoms with E-state index < -0.39 is 0 Å². The minimum atomic E-state index is 0.632. The molecular weight excluding hydrogens is 234 g/mol. The maximum atomic E-state index is 5.72. The first kappa shape index (κ1) is 13.8. The van der Waals surface area contributed by atoms with Crippen molar-refractivity contribution in [3.8, 4) is 11.1 Å². The van der Waals surface area contributed by atoms with Crippen LogP contribution in [0.1, 0.15) is 28.1 Å². The first-order valence-electron chi connectivity index (χ1n) is 6.76. The number of rotatable bonds is 3. The molecule has 0 bridgehead atoms. The van der Waals surface area contributed by atoms with Crippen molar-refractivity contribution in [2.24, 2.45) is 12.8 Å². The third-order valence-corrected chi connectivity index (χ3v) is 3.71. The number of aromatic nitrogens is 2. The largest absolute Gasteiger partial charge is 0.330 e. The summed E-state index contributed by atoms with van der Waals surface area (Å²) in [6, 6.07) is 4.47. The molecule has 3 nitrogen and oxygen atoms in total. The summed E-state index contributed by atoms with van der Waals surface area (Å²) >= 11 is 0. The van der Waals surface area contributed by atoms with Crippen LogP contribution in [0.4, 0.5) is 0 Å². The van der Waals surface area contributed by atoms with E-state index >= 15 is 0 Å². The number of hydrogen-bond donors (Lipinski definition) is 1. The monoisotopic (exact) mass is 257 g/mol. The average Bonchev–Trinajstić information content (AvgIpc) is 2.56. The van der Waals surface area contributed by atoms with Crippen LogP contribution in [0.5, 0.6) is 0 Å². The Kier molecular flexibility index (Phi) is 3.76. The smallest absolute Gasteiger partial charge is 0.0718 e. The molecule has 0 saturated carbocycles. The molecule has 2 N–H and O–H groups in total. The fraction of sp³-hybridized carbons (Fsp3) is 0.438. The van der Waals surface area contributed by atoms with E-state index in [1.54, 1.807) is 0 Å². The highest BCUT2D eigenvalue weighted by atomic mass is 15.3.